The van der Waals surface area contributed by atoms with Gasteiger partial charge >= 0.3 is 0 Å². The highest BCUT2D eigenvalue weighted by Gasteiger charge is 2.56. The van der Waals surface area contributed by atoms with Crippen LogP contribution >= 0.6 is 0 Å². The Balaban J connectivity index is 1.52. The number of aliphatic hydroxyl groups excluding tert-OH is 1. The van der Waals surface area contributed by atoms with Gasteiger partial charge in [0, 0.05) is 5.41 Å². The molecule has 0 aliphatic heterocycles. The SMILES string of the molecule is C[C@H](CCCC(C)(C)O)[C@H]1CC[C@H]2C3=CC=C4C[C@H](O)C=C[C@]4(C)C3CC[C@]12C. The van der Waals surface area contributed by atoms with Crippen molar-refractivity contribution in [3.63, 3.8) is 0 Å². The molecule has 0 heterocycles. The van der Waals surface area contributed by atoms with Crippen molar-refractivity contribution in [3.8, 4) is 0 Å². The van der Waals surface area contributed by atoms with Gasteiger partial charge in [0.25, 0.3) is 0 Å². The third-order valence-electron chi connectivity index (χ3n) is 9.31. The summed E-state index contributed by atoms with van der Waals surface area (Å²) < 4.78 is 0. The van der Waals surface area contributed by atoms with Crippen molar-refractivity contribution in [2.24, 2.45) is 34.5 Å². The fourth-order valence-corrected chi connectivity index (χ4v) is 7.62. The Morgan fingerprint density at radius 3 is 2.62 bits per heavy atom. The molecule has 2 nitrogen and oxygen atoms in total. The second kappa shape index (κ2) is 7.38. The Bertz CT molecular complexity index is 723. The normalized spacial score (nSPS) is 42.4. The van der Waals surface area contributed by atoms with Crippen LogP contribution in [-0.4, -0.2) is 21.9 Å². The van der Waals surface area contributed by atoms with Crippen LogP contribution in [0.2, 0.25) is 0 Å². The number of rotatable bonds is 5. The molecular weight excluding hydrogens is 356 g/mol. The van der Waals surface area contributed by atoms with Gasteiger partial charge in [-0.25, -0.2) is 0 Å². The van der Waals surface area contributed by atoms with E-state index in [1.807, 2.05) is 19.9 Å². The Morgan fingerprint density at radius 2 is 1.90 bits per heavy atom. The number of hydrogen-bond donors (Lipinski definition) is 2. The van der Waals surface area contributed by atoms with Crippen molar-refractivity contribution in [1.82, 2.24) is 0 Å². The van der Waals surface area contributed by atoms with E-state index in [-0.39, 0.29) is 11.5 Å². The van der Waals surface area contributed by atoms with Gasteiger partial charge in [-0.3, -0.25) is 0 Å². The van der Waals surface area contributed by atoms with Crippen LogP contribution in [0.4, 0.5) is 0 Å². The van der Waals surface area contributed by atoms with Crippen molar-refractivity contribution in [2.75, 3.05) is 0 Å². The molecule has 2 saturated carbocycles. The molecule has 4 aliphatic carbocycles. The largest absolute Gasteiger partial charge is 0.390 e. The lowest BCUT2D eigenvalue weighted by atomic mass is 9.51. The molecule has 2 fully saturated rings. The minimum Gasteiger partial charge on any atom is -0.390 e. The molecule has 0 aromatic rings. The van der Waals surface area contributed by atoms with Crippen molar-refractivity contribution in [3.05, 3.63) is 35.5 Å². The van der Waals surface area contributed by atoms with E-state index in [0.29, 0.717) is 11.3 Å². The molecule has 2 heteroatoms. The predicted molar refractivity (Wildman–Crippen MR) is 120 cm³/mol. The van der Waals surface area contributed by atoms with Gasteiger partial charge < -0.3 is 10.2 Å². The summed E-state index contributed by atoms with van der Waals surface area (Å²) in [5.41, 5.74) is 3.14. The van der Waals surface area contributed by atoms with Gasteiger partial charge in [0.15, 0.2) is 0 Å². The van der Waals surface area contributed by atoms with Crippen molar-refractivity contribution in [2.45, 2.75) is 97.7 Å². The lowest BCUT2D eigenvalue weighted by Gasteiger charge is -2.53. The average molecular weight is 399 g/mol. The Kier molecular flexibility index (Phi) is 5.44. The molecule has 4 rings (SSSR count). The van der Waals surface area contributed by atoms with Gasteiger partial charge in [-0.2, -0.15) is 0 Å². The summed E-state index contributed by atoms with van der Waals surface area (Å²) in [7, 11) is 0. The first-order valence-electron chi connectivity index (χ1n) is 12.1. The van der Waals surface area contributed by atoms with Crippen LogP contribution in [0, 0.1) is 34.5 Å². The summed E-state index contributed by atoms with van der Waals surface area (Å²) in [6.45, 7) is 11.3. The zero-order chi connectivity index (χ0) is 21.0. The molecule has 162 valence electrons. The van der Waals surface area contributed by atoms with Crippen LogP contribution in [0.3, 0.4) is 0 Å². The lowest BCUT2D eigenvalue weighted by molar-refractivity contribution is 0.0494. The molecule has 29 heavy (non-hydrogen) atoms. The Labute approximate surface area is 178 Å². The van der Waals surface area contributed by atoms with E-state index in [9.17, 15) is 10.2 Å². The van der Waals surface area contributed by atoms with E-state index in [1.165, 1.54) is 37.7 Å². The first-order valence-corrected chi connectivity index (χ1v) is 12.1. The monoisotopic (exact) mass is 398 g/mol. The summed E-state index contributed by atoms with van der Waals surface area (Å²) in [4.78, 5) is 0. The second-order valence-corrected chi connectivity index (χ2v) is 11.8. The first-order chi connectivity index (χ1) is 13.5. The molecular formula is C27H42O2. The van der Waals surface area contributed by atoms with Crippen molar-refractivity contribution < 1.29 is 10.2 Å². The zero-order valence-electron chi connectivity index (χ0n) is 19.2. The van der Waals surface area contributed by atoms with Crippen LogP contribution in [0.25, 0.3) is 0 Å². The maximum Gasteiger partial charge on any atom is 0.0758 e. The highest BCUT2D eigenvalue weighted by molar-refractivity contribution is 5.42. The van der Waals surface area contributed by atoms with Gasteiger partial charge in [0.05, 0.1) is 11.7 Å². The molecule has 7 atom stereocenters. The van der Waals surface area contributed by atoms with E-state index in [4.69, 9.17) is 0 Å². The standard InChI is InChI=1S/C27H42O2/c1-18(7-6-14-25(2,3)29)22-10-11-23-21-9-8-19-17-20(28)12-15-26(19,4)24(21)13-16-27(22,23)5/h8-9,12,15,18,20,22-24,28-29H,6-7,10-11,13-14,16-17H2,1-5H3/t18-,20-,22-,23+,24?,26+,27-/m1/s1. The molecule has 0 amide bonds. The van der Waals surface area contributed by atoms with E-state index < -0.39 is 5.60 Å². The van der Waals surface area contributed by atoms with E-state index in [1.54, 1.807) is 5.57 Å². The van der Waals surface area contributed by atoms with Gasteiger partial charge in [-0.15, -0.1) is 0 Å². The van der Waals surface area contributed by atoms with Gasteiger partial charge in [0.1, 0.15) is 0 Å². The highest BCUT2D eigenvalue weighted by Crippen LogP contribution is 2.65. The molecule has 0 aromatic carbocycles. The summed E-state index contributed by atoms with van der Waals surface area (Å²) in [6, 6.07) is 0. The predicted octanol–water partition coefficient (Wildman–Crippen LogP) is 6.20. The molecule has 1 unspecified atom stereocenters. The van der Waals surface area contributed by atoms with Gasteiger partial charge in [-0.05, 0) is 81.5 Å². The first kappa shape index (κ1) is 21.4. The van der Waals surface area contributed by atoms with Crippen LogP contribution in [-0.2, 0) is 0 Å². The van der Waals surface area contributed by atoms with Crippen molar-refractivity contribution >= 4 is 0 Å². The maximum absolute atomic E-state index is 10.1. The quantitative estimate of drug-likeness (QED) is 0.541. The van der Waals surface area contributed by atoms with Crippen LogP contribution in [0.1, 0.15) is 86.0 Å². The molecule has 4 aliphatic rings. The number of aliphatic hydroxyl groups is 2. The van der Waals surface area contributed by atoms with E-state index >= 15 is 0 Å². The molecule has 0 radical (unpaired) electrons. The number of fused-ring (bicyclic) bond motifs is 5. The lowest BCUT2D eigenvalue weighted by Crippen LogP contribution is -2.45. The highest BCUT2D eigenvalue weighted by atomic mass is 16.3. The second-order valence-electron chi connectivity index (χ2n) is 11.8. The fraction of sp³-hybridized carbons (Fsp3) is 0.778. The average Bonchev–Trinajstić information content (AvgIpc) is 2.98. The minimum absolute atomic E-state index is 0.112. The molecule has 0 spiro atoms. The minimum atomic E-state index is -0.534. The summed E-state index contributed by atoms with van der Waals surface area (Å²) in [5, 5.41) is 20.2. The van der Waals surface area contributed by atoms with E-state index in [2.05, 4.69) is 39.0 Å². The third kappa shape index (κ3) is 3.69. The Morgan fingerprint density at radius 1 is 1.14 bits per heavy atom. The molecule has 0 saturated heterocycles. The maximum atomic E-state index is 10.1. The summed E-state index contributed by atoms with van der Waals surface area (Å²) in [5.74, 6) is 2.88. The van der Waals surface area contributed by atoms with Gasteiger partial charge in [0.2, 0.25) is 0 Å². The number of allylic oxidation sites excluding steroid dienone is 4. The van der Waals surface area contributed by atoms with E-state index in [0.717, 1.165) is 37.0 Å². The molecule has 2 N–H and O–H groups in total. The van der Waals surface area contributed by atoms with Crippen LogP contribution in [0.15, 0.2) is 35.5 Å². The smallest absolute Gasteiger partial charge is 0.0758 e. The fourth-order valence-electron chi connectivity index (χ4n) is 7.62. The molecule has 0 aromatic heterocycles. The van der Waals surface area contributed by atoms with Crippen LogP contribution in [0.5, 0.6) is 0 Å². The third-order valence-corrected chi connectivity index (χ3v) is 9.31. The number of hydrogen-bond acceptors (Lipinski definition) is 2. The summed E-state index contributed by atoms with van der Waals surface area (Å²) in [6.07, 6.45) is 18.2. The topological polar surface area (TPSA) is 40.5 Å². The van der Waals surface area contributed by atoms with Gasteiger partial charge in [-0.1, -0.05) is 69.1 Å². The Hall–Kier alpha value is -0.860. The van der Waals surface area contributed by atoms with Crippen LogP contribution < -0.4 is 0 Å². The summed E-state index contributed by atoms with van der Waals surface area (Å²) >= 11 is 0. The zero-order valence-corrected chi connectivity index (χ0v) is 19.2. The molecule has 0 bridgehead atoms. The van der Waals surface area contributed by atoms with Crippen molar-refractivity contribution in [1.29, 1.82) is 0 Å².